The van der Waals surface area contributed by atoms with Gasteiger partial charge in [0.1, 0.15) is 5.82 Å². The number of hydrogen-bond donors (Lipinski definition) is 2. The highest BCUT2D eigenvalue weighted by Crippen LogP contribution is 2.32. The minimum atomic E-state index is 0.0478. The second-order valence-electron chi connectivity index (χ2n) is 9.28. The van der Waals surface area contributed by atoms with Crippen LogP contribution in [0.2, 0.25) is 0 Å². The van der Waals surface area contributed by atoms with Gasteiger partial charge in [-0.1, -0.05) is 13.8 Å². The van der Waals surface area contributed by atoms with Crippen molar-refractivity contribution in [3.8, 4) is 0 Å². The molecule has 3 fully saturated rings. The molecule has 0 saturated carbocycles. The van der Waals surface area contributed by atoms with Gasteiger partial charge in [-0.05, 0) is 31.2 Å². The molecule has 3 unspecified atom stereocenters. The first-order valence-corrected chi connectivity index (χ1v) is 12.0. The van der Waals surface area contributed by atoms with Gasteiger partial charge in [-0.15, -0.1) is 0 Å². The molecule has 8 heteroatoms. The number of nitrogens with zero attached hydrogens (tertiary/aromatic N) is 4. The zero-order valence-corrected chi connectivity index (χ0v) is 19.1. The van der Waals surface area contributed by atoms with Crippen molar-refractivity contribution in [3.05, 3.63) is 23.8 Å². The molecule has 3 aliphatic heterocycles. The summed E-state index contributed by atoms with van der Waals surface area (Å²) in [5, 5.41) is 0. The van der Waals surface area contributed by atoms with Crippen molar-refractivity contribution in [1.82, 2.24) is 30.6 Å². The molecule has 2 N–H and O–H groups in total. The van der Waals surface area contributed by atoms with Crippen molar-refractivity contribution in [2.45, 2.75) is 51.5 Å². The standard InChI is InChI=1S/C23H38N6O2/c1-3-4-21-24-8-5-20(26-21)19-15-25-27-22(19)18-6-9-29(10-7-18)23(30)17(2)16-28-11-13-31-14-12-28/h5,8,17-19,22,25,27H,3-4,6-7,9-16H2,1-2H3. The summed E-state index contributed by atoms with van der Waals surface area (Å²) in [5.41, 5.74) is 8.01. The van der Waals surface area contributed by atoms with E-state index in [-0.39, 0.29) is 5.92 Å². The topological polar surface area (TPSA) is 82.6 Å². The predicted molar refractivity (Wildman–Crippen MR) is 119 cm³/mol. The Kier molecular flexibility index (Phi) is 7.87. The molecular weight excluding hydrogens is 392 g/mol. The summed E-state index contributed by atoms with van der Waals surface area (Å²) in [5.74, 6) is 2.19. The largest absolute Gasteiger partial charge is 0.379 e. The fraction of sp³-hybridized carbons (Fsp3) is 0.783. The number of hydrogen-bond acceptors (Lipinski definition) is 7. The quantitative estimate of drug-likeness (QED) is 0.672. The van der Waals surface area contributed by atoms with Crippen LogP contribution in [0.25, 0.3) is 0 Å². The van der Waals surface area contributed by atoms with E-state index in [0.29, 0.717) is 23.8 Å². The number of likely N-dealkylation sites (tertiary alicyclic amines) is 1. The Bertz CT molecular complexity index is 718. The summed E-state index contributed by atoms with van der Waals surface area (Å²) >= 11 is 0. The first-order chi connectivity index (χ1) is 15.2. The van der Waals surface area contributed by atoms with Gasteiger partial charge in [0.2, 0.25) is 5.91 Å². The highest BCUT2D eigenvalue weighted by Gasteiger charge is 2.38. The van der Waals surface area contributed by atoms with E-state index >= 15 is 0 Å². The second-order valence-corrected chi connectivity index (χ2v) is 9.28. The Labute approximate surface area is 186 Å². The number of hydrazine groups is 1. The van der Waals surface area contributed by atoms with Gasteiger partial charge in [0, 0.05) is 69.8 Å². The maximum absolute atomic E-state index is 13.0. The lowest BCUT2D eigenvalue weighted by molar-refractivity contribution is -0.137. The van der Waals surface area contributed by atoms with Gasteiger partial charge in [0.25, 0.3) is 0 Å². The highest BCUT2D eigenvalue weighted by atomic mass is 16.5. The van der Waals surface area contributed by atoms with Gasteiger partial charge in [-0.25, -0.2) is 9.97 Å². The van der Waals surface area contributed by atoms with Gasteiger partial charge < -0.3 is 9.64 Å². The smallest absolute Gasteiger partial charge is 0.226 e. The monoisotopic (exact) mass is 430 g/mol. The van der Waals surface area contributed by atoms with E-state index in [0.717, 1.165) is 89.7 Å². The summed E-state index contributed by atoms with van der Waals surface area (Å²) in [6, 6.07) is 2.42. The maximum atomic E-state index is 13.0. The molecule has 8 nitrogen and oxygen atoms in total. The molecule has 31 heavy (non-hydrogen) atoms. The number of carbonyl (C=O) groups is 1. The minimum Gasteiger partial charge on any atom is -0.379 e. The molecule has 0 aromatic carbocycles. The number of morpholine rings is 1. The molecule has 0 aliphatic carbocycles. The summed E-state index contributed by atoms with van der Waals surface area (Å²) in [4.78, 5) is 26.7. The van der Waals surface area contributed by atoms with Crippen LogP contribution in [0.4, 0.5) is 0 Å². The Hall–Kier alpha value is -1.61. The number of aryl methyl sites for hydroxylation is 1. The van der Waals surface area contributed by atoms with Crippen LogP contribution in [0.5, 0.6) is 0 Å². The van der Waals surface area contributed by atoms with E-state index in [4.69, 9.17) is 9.72 Å². The highest BCUT2D eigenvalue weighted by molar-refractivity contribution is 5.78. The molecule has 4 heterocycles. The lowest BCUT2D eigenvalue weighted by Crippen LogP contribution is -2.49. The molecule has 3 aliphatic rings. The maximum Gasteiger partial charge on any atom is 0.226 e. The van der Waals surface area contributed by atoms with E-state index in [1.54, 1.807) is 0 Å². The zero-order chi connectivity index (χ0) is 21.6. The van der Waals surface area contributed by atoms with Crippen LogP contribution in [0, 0.1) is 11.8 Å². The van der Waals surface area contributed by atoms with Crippen LogP contribution in [0.1, 0.15) is 50.5 Å². The van der Waals surface area contributed by atoms with Crippen LogP contribution >= 0.6 is 0 Å². The first kappa shape index (κ1) is 22.6. The number of nitrogens with one attached hydrogen (secondary N) is 2. The molecule has 1 amide bonds. The number of rotatable bonds is 7. The Morgan fingerprint density at radius 2 is 2.03 bits per heavy atom. The third kappa shape index (κ3) is 5.61. The molecule has 172 valence electrons. The number of piperidine rings is 1. The summed E-state index contributed by atoms with van der Waals surface area (Å²) in [6.07, 6.45) is 5.97. The molecule has 3 atom stereocenters. The van der Waals surface area contributed by atoms with E-state index in [1.165, 1.54) is 0 Å². The predicted octanol–water partition coefficient (Wildman–Crippen LogP) is 1.20. The fourth-order valence-corrected chi connectivity index (χ4v) is 5.25. The molecule has 3 saturated heterocycles. The molecule has 4 rings (SSSR count). The van der Waals surface area contributed by atoms with Crippen molar-refractivity contribution in [2.24, 2.45) is 11.8 Å². The lowest BCUT2D eigenvalue weighted by atomic mass is 9.81. The Morgan fingerprint density at radius 1 is 1.26 bits per heavy atom. The van der Waals surface area contributed by atoms with Gasteiger partial charge in [0.15, 0.2) is 0 Å². The second kappa shape index (κ2) is 10.8. The normalized spacial score (nSPS) is 26.8. The Balaban J connectivity index is 1.30. The molecule has 1 aromatic rings. The van der Waals surface area contributed by atoms with Crippen LogP contribution in [-0.4, -0.2) is 84.2 Å². The summed E-state index contributed by atoms with van der Waals surface area (Å²) < 4.78 is 5.42. The van der Waals surface area contributed by atoms with Gasteiger partial charge in [-0.3, -0.25) is 20.5 Å². The number of ether oxygens (including phenoxy) is 1. The SMILES string of the molecule is CCCc1nccc(C2CNNC2C2CCN(C(=O)C(C)CN3CCOCC3)CC2)n1. The third-order valence-corrected chi connectivity index (χ3v) is 7.02. The van der Waals surface area contributed by atoms with Crippen molar-refractivity contribution in [3.63, 3.8) is 0 Å². The molecule has 0 spiro atoms. The fourth-order valence-electron chi connectivity index (χ4n) is 5.25. The van der Waals surface area contributed by atoms with E-state index in [1.807, 2.05) is 6.20 Å². The van der Waals surface area contributed by atoms with Crippen molar-refractivity contribution < 1.29 is 9.53 Å². The van der Waals surface area contributed by atoms with Gasteiger partial charge in [-0.2, -0.15) is 0 Å². The molecule has 1 aromatic heterocycles. The van der Waals surface area contributed by atoms with Crippen molar-refractivity contribution in [1.29, 1.82) is 0 Å². The van der Waals surface area contributed by atoms with Crippen LogP contribution in [0.15, 0.2) is 12.3 Å². The Morgan fingerprint density at radius 3 is 2.77 bits per heavy atom. The van der Waals surface area contributed by atoms with E-state index in [9.17, 15) is 4.79 Å². The van der Waals surface area contributed by atoms with Crippen LogP contribution in [0.3, 0.4) is 0 Å². The number of carbonyl (C=O) groups excluding carboxylic acids is 1. The zero-order valence-electron chi connectivity index (χ0n) is 19.1. The van der Waals surface area contributed by atoms with E-state index in [2.05, 4.69) is 45.5 Å². The molecule has 0 bridgehead atoms. The van der Waals surface area contributed by atoms with Gasteiger partial charge >= 0.3 is 0 Å². The van der Waals surface area contributed by atoms with Crippen molar-refractivity contribution in [2.75, 3.05) is 52.5 Å². The number of aromatic nitrogens is 2. The summed E-state index contributed by atoms with van der Waals surface area (Å²) in [6.45, 7) is 11.1. The average molecular weight is 431 g/mol. The van der Waals surface area contributed by atoms with Crippen LogP contribution in [-0.2, 0) is 16.0 Å². The van der Waals surface area contributed by atoms with E-state index < -0.39 is 0 Å². The summed E-state index contributed by atoms with van der Waals surface area (Å²) in [7, 11) is 0. The average Bonchev–Trinajstić information content (AvgIpc) is 3.30. The lowest BCUT2D eigenvalue weighted by Gasteiger charge is -2.38. The molecular formula is C23H38N6O2. The van der Waals surface area contributed by atoms with Gasteiger partial charge in [0.05, 0.1) is 18.9 Å². The van der Waals surface area contributed by atoms with Crippen molar-refractivity contribution >= 4 is 5.91 Å². The number of amides is 1. The van der Waals surface area contributed by atoms with Crippen LogP contribution < -0.4 is 10.9 Å². The first-order valence-electron chi connectivity index (χ1n) is 12.0. The third-order valence-electron chi connectivity index (χ3n) is 7.02. The molecule has 0 radical (unpaired) electrons. The minimum absolute atomic E-state index is 0.0478.